The first-order chi connectivity index (χ1) is 19.3. The van der Waals surface area contributed by atoms with Crippen molar-refractivity contribution in [2.24, 2.45) is 0 Å². The number of aromatic nitrogens is 2. The Bertz CT molecular complexity index is 1170. The third-order valence-corrected chi connectivity index (χ3v) is 8.18. The van der Waals surface area contributed by atoms with E-state index < -0.39 is 11.9 Å². The minimum Gasteiger partial charge on any atom is -0.468 e. The first kappa shape index (κ1) is 30.0. The maximum absolute atomic E-state index is 12.8. The average molecular weight is 574 g/mol. The molecule has 1 amide bonds. The van der Waals surface area contributed by atoms with Crippen molar-refractivity contribution < 1.29 is 19.4 Å². The predicted octanol–water partition coefficient (Wildman–Crippen LogP) is 2.02. The van der Waals surface area contributed by atoms with Crippen molar-refractivity contribution in [3.63, 3.8) is 0 Å². The number of likely N-dealkylation sites (tertiary alicyclic amines) is 1. The summed E-state index contributed by atoms with van der Waals surface area (Å²) in [6.07, 6.45) is 2.87. The van der Waals surface area contributed by atoms with Gasteiger partial charge in [0.1, 0.15) is 6.04 Å². The molecule has 1 aromatic heterocycles. The number of esters is 1. The molecule has 40 heavy (non-hydrogen) atoms. The number of carbonyl (C=O) groups is 2. The molecule has 2 aliphatic heterocycles. The van der Waals surface area contributed by atoms with Gasteiger partial charge < -0.3 is 25.8 Å². The van der Waals surface area contributed by atoms with Gasteiger partial charge in [-0.05, 0) is 31.7 Å². The second-order valence-corrected chi connectivity index (χ2v) is 10.8. The molecule has 0 unspecified atom stereocenters. The number of amides is 1. The number of anilines is 2. The van der Waals surface area contributed by atoms with Gasteiger partial charge in [-0.3, -0.25) is 14.6 Å². The number of piperidine rings is 1. The van der Waals surface area contributed by atoms with Crippen molar-refractivity contribution in [2.75, 3.05) is 63.6 Å². The molecule has 0 bridgehead atoms. The quantitative estimate of drug-likeness (QED) is 0.382. The summed E-state index contributed by atoms with van der Waals surface area (Å²) in [6.45, 7) is 7.99. The van der Waals surface area contributed by atoms with Gasteiger partial charge in [0.15, 0.2) is 22.5 Å². The lowest BCUT2D eigenvalue weighted by molar-refractivity contribution is -0.148. The fourth-order valence-corrected chi connectivity index (χ4v) is 6.02. The van der Waals surface area contributed by atoms with Crippen LogP contribution in [0.5, 0.6) is 0 Å². The highest BCUT2D eigenvalue weighted by molar-refractivity contribution is 6.32. The fraction of sp³-hybridized carbons (Fsp3) is 0.571. The fourth-order valence-electron chi connectivity index (χ4n) is 5.78. The van der Waals surface area contributed by atoms with Gasteiger partial charge in [0.05, 0.1) is 13.7 Å². The van der Waals surface area contributed by atoms with Crippen LogP contribution in [0, 0.1) is 6.92 Å². The van der Waals surface area contributed by atoms with Crippen molar-refractivity contribution >= 4 is 35.1 Å². The number of ether oxygens (including phenoxy) is 1. The molecule has 218 valence electrons. The SMILES string of the molecule is CC[C@H]1CN(c2nc(N)c(C(=O)NCCO)nc2Cl)CCN1C1CCN([C@@H](C(=O)OC)c2ccc(C)cc2)CC1. The average Bonchev–Trinajstić information content (AvgIpc) is 2.97. The number of nitrogens with one attached hydrogen (secondary N) is 1. The summed E-state index contributed by atoms with van der Waals surface area (Å²) in [7, 11) is 1.45. The number of aliphatic hydroxyl groups excluding tert-OH is 1. The van der Waals surface area contributed by atoms with Gasteiger partial charge in [-0.15, -0.1) is 0 Å². The number of aryl methyl sites for hydroxylation is 1. The summed E-state index contributed by atoms with van der Waals surface area (Å²) in [5.41, 5.74) is 8.14. The van der Waals surface area contributed by atoms with Crippen LogP contribution < -0.4 is 16.0 Å². The van der Waals surface area contributed by atoms with Crippen LogP contribution >= 0.6 is 11.6 Å². The van der Waals surface area contributed by atoms with E-state index in [1.165, 1.54) is 7.11 Å². The van der Waals surface area contributed by atoms with Gasteiger partial charge in [-0.1, -0.05) is 48.4 Å². The minimum atomic E-state index is -0.521. The molecular weight excluding hydrogens is 534 g/mol. The molecule has 2 atom stereocenters. The number of carbonyl (C=O) groups excluding carboxylic acids is 2. The number of halogens is 1. The highest BCUT2D eigenvalue weighted by Gasteiger charge is 2.37. The molecule has 2 aliphatic rings. The Labute approximate surface area is 240 Å². The number of benzene rings is 1. The summed E-state index contributed by atoms with van der Waals surface area (Å²) in [4.78, 5) is 40.6. The Kier molecular flexibility index (Phi) is 10.2. The summed E-state index contributed by atoms with van der Waals surface area (Å²) in [6, 6.07) is 8.40. The van der Waals surface area contributed by atoms with E-state index in [9.17, 15) is 9.59 Å². The van der Waals surface area contributed by atoms with Gasteiger partial charge >= 0.3 is 5.97 Å². The van der Waals surface area contributed by atoms with Crippen molar-refractivity contribution in [3.8, 4) is 0 Å². The Morgan fingerprint density at radius 1 is 1.18 bits per heavy atom. The number of nitrogens with two attached hydrogens (primary N) is 1. The summed E-state index contributed by atoms with van der Waals surface area (Å²) in [5, 5.41) is 11.6. The molecule has 1 aromatic carbocycles. The van der Waals surface area contributed by atoms with E-state index >= 15 is 0 Å². The molecule has 4 N–H and O–H groups in total. The molecule has 2 fully saturated rings. The Morgan fingerprint density at radius 3 is 2.50 bits per heavy atom. The van der Waals surface area contributed by atoms with Crippen LogP contribution in [0.2, 0.25) is 5.15 Å². The van der Waals surface area contributed by atoms with Crippen LogP contribution in [-0.4, -0.2) is 102 Å². The monoisotopic (exact) mass is 573 g/mol. The molecule has 2 aromatic rings. The van der Waals surface area contributed by atoms with E-state index in [1.807, 2.05) is 31.2 Å². The first-order valence-corrected chi connectivity index (χ1v) is 14.3. The Morgan fingerprint density at radius 2 is 1.88 bits per heavy atom. The van der Waals surface area contributed by atoms with E-state index in [2.05, 4.69) is 36.9 Å². The van der Waals surface area contributed by atoms with Gasteiger partial charge in [-0.25, -0.2) is 14.8 Å². The number of nitrogen functional groups attached to an aromatic ring is 1. The van der Waals surface area contributed by atoms with Gasteiger partial charge in [0.2, 0.25) is 0 Å². The zero-order valence-corrected chi connectivity index (χ0v) is 24.2. The van der Waals surface area contributed by atoms with E-state index in [1.54, 1.807) is 0 Å². The largest absolute Gasteiger partial charge is 0.468 e. The first-order valence-electron chi connectivity index (χ1n) is 13.9. The topological polar surface area (TPSA) is 137 Å². The zero-order valence-electron chi connectivity index (χ0n) is 23.5. The third kappa shape index (κ3) is 6.65. The van der Waals surface area contributed by atoms with E-state index in [-0.39, 0.29) is 41.8 Å². The number of aliphatic hydroxyl groups is 1. The number of nitrogens with zero attached hydrogens (tertiary/aromatic N) is 5. The van der Waals surface area contributed by atoms with E-state index in [4.69, 9.17) is 27.2 Å². The molecular formula is C28H40ClN7O4. The summed E-state index contributed by atoms with van der Waals surface area (Å²) in [5.74, 6) is -0.264. The Hall–Kier alpha value is -2.99. The van der Waals surface area contributed by atoms with Crippen LogP contribution in [0.25, 0.3) is 0 Å². The van der Waals surface area contributed by atoms with Crippen LogP contribution in [0.1, 0.15) is 53.8 Å². The normalized spacial score (nSPS) is 19.8. The maximum atomic E-state index is 12.8. The predicted molar refractivity (Wildman–Crippen MR) is 154 cm³/mol. The third-order valence-electron chi connectivity index (χ3n) is 7.93. The zero-order chi connectivity index (χ0) is 28.8. The molecule has 2 saturated heterocycles. The van der Waals surface area contributed by atoms with Crippen LogP contribution in [-0.2, 0) is 9.53 Å². The highest BCUT2D eigenvalue weighted by Crippen LogP contribution is 2.32. The smallest absolute Gasteiger partial charge is 0.327 e. The van der Waals surface area contributed by atoms with Gasteiger partial charge in [0.25, 0.3) is 5.91 Å². The molecule has 12 heteroatoms. The number of piperazine rings is 1. The molecule has 0 spiro atoms. The second-order valence-electron chi connectivity index (χ2n) is 10.4. The highest BCUT2D eigenvalue weighted by atomic mass is 35.5. The van der Waals surface area contributed by atoms with Crippen LogP contribution in [0.3, 0.4) is 0 Å². The molecule has 0 radical (unpaired) electrons. The van der Waals surface area contributed by atoms with Crippen LogP contribution in [0.4, 0.5) is 11.6 Å². The molecule has 3 heterocycles. The number of hydrogen-bond donors (Lipinski definition) is 3. The van der Waals surface area contributed by atoms with Crippen molar-refractivity contribution in [2.45, 2.75) is 51.2 Å². The molecule has 4 rings (SSSR count). The van der Waals surface area contributed by atoms with E-state index in [0.29, 0.717) is 18.4 Å². The standard InChI is InChI=1S/C28H40ClN7O4/c1-4-20-17-35(26-24(29)32-22(25(30)33-26)27(38)31-11-16-37)14-15-36(20)21-9-12-34(13-10-21)23(28(39)40-3)19-7-5-18(2)6-8-19/h5-8,20-21,23,37H,4,9-17H2,1-3H3,(H2,30,33)(H,31,38)/t20-,23+/m0/s1. The summed E-state index contributed by atoms with van der Waals surface area (Å²) >= 11 is 6.47. The molecule has 0 saturated carbocycles. The van der Waals surface area contributed by atoms with Crippen molar-refractivity contribution in [1.29, 1.82) is 0 Å². The Balaban J connectivity index is 1.41. The van der Waals surface area contributed by atoms with Crippen molar-refractivity contribution in [3.05, 3.63) is 46.2 Å². The van der Waals surface area contributed by atoms with Gasteiger partial charge in [0, 0.05) is 51.4 Å². The summed E-state index contributed by atoms with van der Waals surface area (Å²) < 4.78 is 5.18. The lowest BCUT2D eigenvalue weighted by atomic mass is 9.95. The number of methoxy groups -OCH3 is 1. The maximum Gasteiger partial charge on any atom is 0.327 e. The number of rotatable bonds is 9. The molecule has 11 nitrogen and oxygen atoms in total. The van der Waals surface area contributed by atoms with Crippen LogP contribution in [0.15, 0.2) is 24.3 Å². The molecule has 0 aliphatic carbocycles. The lowest BCUT2D eigenvalue weighted by Gasteiger charge is -2.48. The van der Waals surface area contributed by atoms with E-state index in [0.717, 1.165) is 56.6 Å². The lowest BCUT2D eigenvalue weighted by Crippen LogP contribution is -2.59. The second kappa shape index (κ2) is 13.6. The van der Waals surface area contributed by atoms with Gasteiger partial charge in [-0.2, -0.15) is 0 Å². The minimum absolute atomic E-state index is 0.00595. The van der Waals surface area contributed by atoms with Crippen molar-refractivity contribution in [1.82, 2.24) is 25.1 Å². The number of hydrogen-bond acceptors (Lipinski definition) is 10.